The summed E-state index contributed by atoms with van der Waals surface area (Å²) in [5.74, 6) is 0.0959. The molecule has 3 aromatic carbocycles. The SMILES string of the molecule is COc1ccc(/C(O)=C2\C(=O)C(=O)N(c3ccc4c(c3)OCO4)C2c2ccc(OC(C)C)cc2)cc1Cl. The highest BCUT2D eigenvalue weighted by Crippen LogP contribution is 2.45. The maximum atomic E-state index is 13.4. The van der Waals surface area contributed by atoms with Gasteiger partial charge in [-0.05, 0) is 61.9 Å². The molecule has 37 heavy (non-hydrogen) atoms. The zero-order chi connectivity index (χ0) is 26.3. The topological polar surface area (TPSA) is 94.5 Å². The first-order chi connectivity index (χ1) is 17.8. The average molecular weight is 522 g/mol. The third-order valence-corrected chi connectivity index (χ3v) is 6.37. The van der Waals surface area contributed by atoms with Crippen molar-refractivity contribution < 1.29 is 33.6 Å². The Bertz CT molecular complexity index is 1410. The number of aliphatic hydroxyl groups excluding tert-OH is 1. The van der Waals surface area contributed by atoms with Crippen LogP contribution in [0.2, 0.25) is 5.02 Å². The number of carbonyl (C=O) groups excluding carboxylic acids is 2. The highest BCUT2D eigenvalue weighted by Gasteiger charge is 2.47. The molecule has 0 radical (unpaired) electrons. The van der Waals surface area contributed by atoms with Crippen LogP contribution in [-0.2, 0) is 9.59 Å². The number of methoxy groups -OCH3 is 1. The van der Waals surface area contributed by atoms with Gasteiger partial charge in [0.2, 0.25) is 6.79 Å². The highest BCUT2D eigenvalue weighted by molar-refractivity contribution is 6.51. The molecule has 9 heteroatoms. The summed E-state index contributed by atoms with van der Waals surface area (Å²) in [6.45, 7) is 3.90. The summed E-state index contributed by atoms with van der Waals surface area (Å²) in [6, 6.07) is 15.8. The van der Waals surface area contributed by atoms with Gasteiger partial charge >= 0.3 is 0 Å². The van der Waals surface area contributed by atoms with Crippen molar-refractivity contribution in [3.63, 3.8) is 0 Å². The van der Waals surface area contributed by atoms with Gasteiger partial charge in [0.15, 0.2) is 11.5 Å². The minimum absolute atomic E-state index is 0.0232. The minimum atomic E-state index is -0.922. The molecule has 1 saturated heterocycles. The molecule has 1 unspecified atom stereocenters. The van der Waals surface area contributed by atoms with Crippen LogP contribution in [0.3, 0.4) is 0 Å². The van der Waals surface area contributed by atoms with Gasteiger partial charge in [0.25, 0.3) is 11.7 Å². The molecule has 0 saturated carbocycles. The number of hydrogen-bond donors (Lipinski definition) is 1. The van der Waals surface area contributed by atoms with Crippen molar-refractivity contribution in [2.45, 2.75) is 26.0 Å². The van der Waals surface area contributed by atoms with Crippen molar-refractivity contribution in [3.05, 3.63) is 82.4 Å². The molecule has 190 valence electrons. The van der Waals surface area contributed by atoms with Gasteiger partial charge in [-0.3, -0.25) is 14.5 Å². The Hall–Kier alpha value is -4.17. The Morgan fingerprint density at radius 1 is 1.03 bits per heavy atom. The summed E-state index contributed by atoms with van der Waals surface area (Å²) in [4.78, 5) is 28.1. The van der Waals surface area contributed by atoms with Crippen LogP contribution in [0.25, 0.3) is 5.76 Å². The summed E-state index contributed by atoms with van der Waals surface area (Å²) in [5, 5.41) is 11.6. The number of amides is 1. The van der Waals surface area contributed by atoms with E-state index in [4.69, 9.17) is 30.5 Å². The first-order valence-electron chi connectivity index (χ1n) is 11.6. The average Bonchev–Trinajstić information content (AvgIpc) is 3.45. The lowest BCUT2D eigenvalue weighted by Gasteiger charge is -2.26. The molecule has 2 heterocycles. The van der Waals surface area contributed by atoms with Crippen LogP contribution >= 0.6 is 11.6 Å². The molecular weight excluding hydrogens is 498 g/mol. The number of anilines is 1. The van der Waals surface area contributed by atoms with Gasteiger partial charge < -0.3 is 24.1 Å². The quantitative estimate of drug-likeness (QED) is 0.260. The fraction of sp³-hybridized carbons (Fsp3) is 0.214. The first kappa shape index (κ1) is 24.5. The molecule has 1 fully saturated rings. The molecule has 5 rings (SSSR count). The van der Waals surface area contributed by atoms with Crippen LogP contribution in [0.1, 0.15) is 31.0 Å². The van der Waals surface area contributed by atoms with Crippen LogP contribution in [0.4, 0.5) is 5.69 Å². The van der Waals surface area contributed by atoms with Gasteiger partial charge in [0.1, 0.15) is 17.3 Å². The molecule has 3 aromatic rings. The number of rotatable bonds is 6. The van der Waals surface area contributed by atoms with E-state index < -0.39 is 17.7 Å². The smallest absolute Gasteiger partial charge is 0.300 e. The number of benzene rings is 3. The van der Waals surface area contributed by atoms with Crippen LogP contribution in [0.5, 0.6) is 23.0 Å². The Morgan fingerprint density at radius 3 is 2.43 bits per heavy atom. The lowest BCUT2D eigenvalue weighted by Crippen LogP contribution is -2.29. The number of ketones is 1. The lowest BCUT2D eigenvalue weighted by atomic mass is 9.95. The van der Waals surface area contributed by atoms with E-state index in [1.54, 1.807) is 54.6 Å². The number of Topliss-reactive ketones (excluding diaryl/α,β-unsaturated/α-hetero) is 1. The molecule has 0 spiro atoms. The van der Waals surface area contributed by atoms with E-state index in [2.05, 4.69) is 0 Å². The van der Waals surface area contributed by atoms with Crippen molar-refractivity contribution in [2.75, 3.05) is 18.8 Å². The zero-order valence-electron chi connectivity index (χ0n) is 20.4. The largest absolute Gasteiger partial charge is 0.507 e. The Balaban J connectivity index is 1.66. The first-order valence-corrected chi connectivity index (χ1v) is 12.0. The summed E-state index contributed by atoms with van der Waals surface area (Å²) in [7, 11) is 1.48. The molecular formula is C28H24ClNO7. The minimum Gasteiger partial charge on any atom is -0.507 e. The van der Waals surface area contributed by atoms with E-state index in [-0.39, 0.29) is 34.8 Å². The number of ether oxygens (including phenoxy) is 4. The van der Waals surface area contributed by atoms with Gasteiger partial charge in [0, 0.05) is 17.3 Å². The predicted molar refractivity (Wildman–Crippen MR) is 138 cm³/mol. The fourth-order valence-electron chi connectivity index (χ4n) is 4.42. The summed E-state index contributed by atoms with van der Waals surface area (Å²) in [5.41, 5.74) is 1.24. The van der Waals surface area contributed by atoms with E-state index in [0.717, 1.165) is 0 Å². The fourth-order valence-corrected chi connectivity index (χ4v) is 4.68. The van der Waals surface area contributed by atoms with Gasteiger partial charge in [-0.1, -0.05) is 23.7 Å². The molecule has 8 nitrogen and oxygen atoms in total. The second-order valence-corrected chi connectivity index (χ2v) is 9.20. The highest BCUT2D eigenvalue weighted by atomic mass is 35.5. The van der Waals surface area contributed by atoms with Crippen molar-refractivity contribution in [3.8, 4) is 23.0 Å². The van der Waals surface area contributed by atoms with Gasteiger partial charge in [-0.15, -0.1) is 0 Å². The maximum absolute atomic E-state index is 13.4. The summed E-state index contributed by atoms with van der Waals surface area (Å²) < 4.78 is 21.8. The van der Waals surface area contributed by atoms with E-state index in [1.165, 1.54) is 18.1 Å². The standard InChI is InChI=1S/C28H24ClNO7/c1-15(2)37-19-8-4-16(5-9-19)25-24(26(31)17-6-10-21(34-3)20(29)12-17)27(32)28(33)30(25)18-7-11-22-23(13-18)36-14-35-22/h4-13,15,25,31H,14H2,1-3H3/b26-24+. The van der Waals surface area contributed by atoms with Crippen LogP contribution in [0.15, 0.2) is 66.2 Å². The number of fused-ring (bicyclic) bond motifs is 1. The number of aliphatic hydroxyl groups is 1. The third kappa shape index (κ3) is 4.44. The number of carbonyl (C=O) groups is 2. The van der Waals surface area contributed by atoms with Crippen LogP contribution in [-0.4, -0.2) is 36.8 Å². The molecule has 0 bridgehead atoms. The second-order valence-electron chi connectivity index (χ2n) is 8.79. The number of halogens is 1. The van der Waals surface area contributed by atoms with E-state index in [1.807, 2.05) is 13.8 Å². The van der Waals surface area contributed by atoms with Crippen LogP contribution in [0, 0.1) is 0 Å². The van der Waals surface area contributed by atoms with Crippen molar-refractivity contribution in [2.24, 2.45) is 0 Å². The van der Waals surface area contributed by atoms with E-state index >= 15 is 0 Å². The summed E-state index contributed by atoms with van der Waals surface area (Å²) in [6.07, 6.45) is -0.0232. The predicted octanol–water partition coefficient (Wildman–Crippen LogP) is 5.49. The maximum Gasteiger partial charge on any atom is 0.300 e. The molecule has 2 aliphatic rings. The molecule has 1 N–H and O–H groups in total. The van der Waals surface area contributed by atoms with Gasteiger partial charge in [0.05, 0.1) is 29.9 Å². The van der Waals surface area contributed by atoms with Crippen molar-refractivity contribution in [1.29, 1.82) is 0 Å². The normalized spacial score (nSPS) is 18.0. The van der Waals surface area contributed by atoms with Gasteiger partial charge in [-0.2, -0.15) is 0 Å². The molecule has 1 atom stereocenters. The monoisotopic (exact) mass is 521 g/mol. The number of hydrogen-bond acceptors (Lipinski definition) is 7. The van der Waals surface area contributed by atoms with E-state index in [9.17, 15) is 14.7 Å². The third-order valence-electron chi connectivity index (χ3n) is 6.07. The van der Waals surface area contributed by atoms with Gasteiger partial charge in [-0.25, -0.2) is 0 Å². The Labute approximate surface area is 218 Å². The molecule has 1 amide bonds. The zero-order valence-corrected chi connectivity index (χ0v) is 21.1. The van der Waals surface area contributed by atoms with Crippen LogP contribution < -0.4 is 23.8 Å². The number of nitrogens with zero attached hydrogens (tertiary/aromatic N) is 1. The molecule has 0 aliphatic carbocycles. The molecule has 2 aliphatic heterocycles. The van der Waals surface area contributed by atoms with Crippen molar-refractivity contribution >= 4 is 34.7 Å². The Kier molecular flexibility index (Phi) is 6.43. The molecule has 0 aromatic heterocycles. The van der Waals surface area contributed by atoms with E-state index in [0.29, 0.717) is 34.2 Å². The van der Waals surface area contributed by atoms with Crippen molar-refractivity contribution in [1.82, 2.24) is 0 Å². The summed E-state index contributed by atoms with van der Waals surface area (Å²) >= 11 is 6.28. The Morgan fingerprint density at radius 2 is 1.76 bits per heavy atom. The lowest BCUT2D eigenvalue weighted by molar-refractivity contribution is -0.132. The second kappa shape index (κ2) is 9.71.